The molecule has 0 aliphatic carbocycles. The highest BCUT2D eigenvalue weighted by Crippen LogP contribution is 2.30. The largest absolute Gasteiger partial charge is 0.357 e. The lowest BCUT2D eigenvalue weighted by atomic mass is 10.2. The Morgan fingerprint density at radius 3 is 2.73 bits per heavy atom. The van der Waals surface area contributed by atoms with Gasteiger partial charge in [-0.2, -0.15) is 0 Å². The summed E-state index contributed by atoms with van der Waals surface area (Å²) in [5, 5.41) is 6.57. The first-order valence-electron chi connectivity index (χ1n) is 6.57. The van der Waals surface area contributed by atoms with E-state index in [0.717, 1.165) is 11.3 Å². The Balaban J connectivity index is 1.71. The number of halogens is 2. The van der Waals surface area contributed by atoms with Crippen LogP contribution in [0.3, 0.4) is 0 Å². The van der Waals surface area contributed by atoms with E-state index < -0.39 is 0 Å². The molecule has 0 radical (unpaired) electrons. The quantitative estimate of drug-likeness (QED) is 0.831. The van der Waals surface area contributed by atoms with Crippen LogP contribution in [0.2, 0.25) is 5.02 Å². The van der Waals surface area contributed by atoms with Crippen molar-refractivity contribution in [2.24, 2.45) is 0 Å². The second kappa shape index (κ2) is 6.42. The normalized spacial score (nSPS) is 19.3. The van der Waals surface area contributed by atoms with E-state index in [9.17, 15) is 9.18 Å². The molecule has 0 bridgehead atoms. The van der Waals surface area contributed by atoms with Crippen molar-refractivity contribution in [2.45, 2.75) is 5.50 Å². The Hall–Kier alpha value is -1.98. The molecule has 1 saturated heterocycles. The van der Waals surface area contributed by atoms with Crippen LogP contribution in [0.4, 0.5) is 10.1 Å². The maximum absolute atomic E-state index is 12.9. The van der Waals surface area contributed by atoms with Crippen molar-refractivity contribution in [2.75, 3.05) is 5.32 Å². The molecule has 1 amide bonds. The van der Waals surface area contributed by atoms with Gasteiger partial charge in [0.05, 0.1) is 4.91 Å². The third-order valence-corrected chi connectivity index (χ3v) is 4.28. The maximum atomic E-state index is 12.9. The molecule has 2 N–H and O–H groups in total. The van der Waals surface area contributed by atoms with Crippen LogP contribution in [0.15, 0.2) is 53.4 Å². The minimum atomic E-state index is -0.296. The molecule has 1 unspecified atom stereocenters. The number of amides is 1. The van der Waals surface area contributed by atoms with E-state index in [-0.39, 0.29) is 17.2 Å². The third-order valence-electron chi connectivity index (χ3n) is 3.02. The zero-order chi connectivity index (χ0) is 15.5. The van der Waals surface area contributed by atoms with Crippen molar-refractivity contribution < 1.29 is 9.18 Å². The molecule has 0 saturated carbocycles. The summed E-state index contributed by atoms with van der Waals surface area (Å²) in [5.41, 5.74) is 1.32. The van der Waals surface area contributed by atoms with Gasteiger partial charge in [-0.1, -0.05) is 35.5 Å². The number of carbonyl (C=O) groups excluding carboxylic acids is 1. The van der Waals surface area contributed by atoms with Gasteiger partial charge in [0.15, 0.2) is 5.50 Å². The zero-order valence-corrected chi connectivity index (χ0v) is 12.9. The number of hydrogen-bond donors (Lipinski definition) is 2. The van der Waals surface area contributed by atoms with E-state index in [1.54, 1.807) is 30.3 Å². The highest BCUT2D eigenvalue weighted by Gasteiger charge is 2.27. The molecule has 6 heteroatoms. The molecule has 1 aliphatic rings. The second-order valence-corrected chi connectivity index (χ2v) is 6.27. The van der Waals surface area contributed by atoms with E-state index in [1.807, 2.05) is 12.1 Å². The lowest BCUT2D eigenvalue weighted by Gasteiger charge is -2.12. The van der Waals surface area contributed by atoms with Crippen molar-refractivity contribution in [1.29, 1.82) is 0 Å². The fraction of sp³-hybridized carbons (Fsp3) is 0.0625. The van der Waals surface area contributed by atoms with E-state index in [2.05, 4.69) is 10.6 Å². The van der Waals surface area contributed by atoms with Crippen LogP contribution in [-0.4, -0.2) is 11.4 Å². The molecular weight excluding hydrogens is 323 g/mol. The predicted molar refractivity (Wildman–Crippen MR) is 89.0 cm³/mol. The summed E-state index contributed by atoms with van der Waals surface area (Å²) in [4.78, 5) is 12.6. The van der Waals surface area contributed by atoms with Gasteiger partial charge < -0.3 is 10.6 Å². The summed E-state index contributed by atoms with van der Waals surface area (Å²) < 4.78 is 12.9. The van der Waals surface area contributed by atoms with E-state index in [0.29, 0.717) is 9.93 Å². The molecule has 2 aromatic carbocycles. The van der Waals surface area contributed by atoms with Crippen LogP contribution in [0, 0.1) is 5.82 Å². The molecular formula is C16H12ClFN2OS. The lowest BCUT2D eigenvalue weighted by molar-refractivity contribution is -0.116. The summed E-state index contributed by atoms with van der Waals surface area (Å²) in [6, 6.07) is 13.3. The Morgan fingerprint density at radius 2 is 2.00 bits per heavy atom. The molecule has 3 nitrogen and oxygen atoms in total. The Kier molecular flexibility index (Phi) is 4.36. The molecule has 1 heterocycles. The smallest absolute Gasteiger partial charge is 0.260 e. The predicted octanol–water partition coefficient (Wildman–Crippen LogP) is 4.08. The fourth-order valence-electron chi connectivity index (χ4n) is 2.01. The molecule has 0 spiro atoms. The van der Waals surface area contributed by atoms with E-state index in [1.165, 1.54) is 23.9 Å². The van der Waals surface area contributed by atoms with Crippen LogP contribution >= 0.6 is 23.4 Å². The van der Waals surface area contributed by atoms with Gasteiger partial charge in [-0.3, -0.25) is 4.79 Å². The number of benzene rings is 2. The monoisotopic (exact) mass is 334 g/mol. The van der Waals surface area contributed by atoms with E-state index >= 15 is 0 Å². The van der Waals surface area contributed by atoms with Gasteiger partial charge in [0, 0.05) is 10.7 Å². The van der Waals surface area contributed by atoms with Crippen molar-refractivity contribution in [3.05, 3.63) is 69.8 Å². The van der Waals surface area contributed by atoms with Crippen LogP contribution in [0.1, 0.15) is 5.56 Å². The number of nitrogens with one attached hydrogen (secondary N) is 2. The van der Waals surface area contributed by atoms with Crippen molar-refractivity contribution in [1.82, 2.24) is 5.32 Å². The standard InChI is InChI=1S/C16H12ClFN2OS/c17-11-3-1-2-10(8-11)9-14-15(21)20-16(22-14)19-13-6-4-12(18)5-7-13/h1-9,16,19H,(H,20,21)/b14-9-. The highest BCUT2D eigenvalue weighted by atomic mass is 35.5. The fourth-order valence-corrected chi connectivity index (χ4v) is 3.19. The Labute approximate surface area is 136 Å². The van der Waals surface area contributed by atoms with Crippen molar-refractivity contribution in [3.8, 4) is 0 Å². The van der Waals surface area contributed by atoms with Crippen LogP contribution in [0.5, 0.6) is 0 Å². The van der Waals surface area contributed by atoms with Crippen LogP contribution in [-0.2, 0) is 4.79 Å². The Bertz CT molecular complexity index is 733. The number of anilines is 1. The van der Waals surface area contributed by atoms with Gasteiger partial charge in [-0.25, -0.2) is 4.39 Å². The number of rotatable bonds is 3. The number of carbonyl (C=O) groups is 1. The first kappa shape index (κ1) is 14.9. The molecule has 0 aromatic heterocycles. The minimum Gasteiger partial charge on any atom is -0.357 e. The SMILES string of the molecule is O=C1NC(Nc2ccc(F)cc2)S/C1=C\c1cccc(Cl)c1. The Morgan fingerprint density at radius 1 is 1.23 bits per heavy atom. The first-order valence-corrected chi connectivity index (χ1v) is 7.83. The van der Waals surface area contributed by atoms with Gasteiger partial charge in [-0.05, 0) is 48.0 Å². The molecule has 22 heavy (non-hydrogen) atoms. The van der Waals surface area contributed by atoms with Crippen molar-refractivity contribution in [3.63, 3.8) is 0 Å². The van der Waals surface area contributed by atoms with E-state index in [4.69, 9.17) is 11.6 Å². The van der Waals surface area contributed by atoms with Crippen LogP contribution in [0.25, 0.3) is 6.08 Å². The molecule has 1 fully saturated rings. The van der Waals surface area contributed by atoms with Crippen LogP contribution < -0.4 is 10.6 Å². The number of hydrogen-bond acceptors (Lipinski definition) is 3. The van der Waals surface area contributed by atoms with Gasteiger partial charge in [0.25, 0.3) is 5.91 Å². The summed E-state index contributed by atoms with van der Waals surface area (Å²) in [5.74, 6) is -0.445. The zero-order valence-electron chi connectivity index (χ0n) is 11.3. The first-order chi connectivity index (χ1) is 10.6. The third kappa shape index (κ3) is 3.61. The summed E-state index contributed by atoms with van der Waals surface area (Å²) in [6.07, 6.45) is 1.79. The van der Waals surface area contributed by atoms with Gasteiger partial charge in [0.2, 0.25) is 0 Å². The molecule has 1 atom stereocenters. The summed E-state index contributed by atoms with van der Waals surface area (Å²) >= 11 is 7.31. The molecule has 112 valence electrons. The lowest BCUT2D eigenvalue weighted by Crippen LogP contribution is -2.30. The molecule has 1 aliphatic heterocycles. The topological polar surface area (TPSA) is 41.1 Å². The average Bonchev–Trinajstić information content (AvgIpc) is 2.81. The summed E-state index contributed by atoms with van der Waals surface area (Å²) in [6.45, 7) is 0. The average molecular weight is 335 g/mol. The maximum Gasteiger partial charge on any atom is 0.260 e. The highest BCUT2D eigenvalue weighted by molar-refractivity contribution is 8.05. The second-order valence-electron chi connectivity index (χ2n) is 4.69. The molecule has 3 rings (SSSR count). The van der Waals surface area contributed by atoms with Gasteiger partial charge >= 0.3 is 0 Å². The number of thioether (sulfide) groups is 1. The van der Waals surface area contributed by atoms with Gasteiger partial charge in [0.1, 0.15) is 5.82 Å². The molecule has 2 aromatic rings. The summed E-state index contributed by atoms with van der Waals surface area (Å²) in [7, 11) is 0. The van der Waals surface area contributed by atoms with Gasteiger partial charge in [-0.15, -0.1) is 0 Å². The minimum absolute atomic E-state index is 0.149. The van der Waals surface area contributed by atoms with Crippen molar-refractivity contribution >= 4 is 41.0 Å².